The number of rotatable bonds is 10. The second kappa shape index (κ2) is 11.3. The van der Waals surface area contributed by atoms with E-state index in [2.05, 4.69) is 14.9 Å². The van der Waals surface area contributed by atoms with Crippen LogP contribution in [0.3, 0.4) is 0 Å². The number of hydrogen-bond acceptors (Lipinski definition) is 5. The molecule has 1 aliphatic heterocycles. The number of hydrogen-bond donors (Lipinski definition) is 2. The van der Waals surface area contributed by atoms with E-state index in [1.807, 2.05) is 30.3 Å². The van der Waals surface area contributed by atoms with E-state index >= 15 is 0 Å². The van der Waals surface area contributed by atoms with Crippen LogP contribution in [-0.2, 0) is 26.0 Å². The number of halogens is 1. The van der Waals surface area contributed by atoms with Gasteiger partial charge in [0.05, 0.1) is 18.1 Å². The van der Waals surface area contributed by atoms with Crippen LogP contribution in [0.4, 0.5) is 4.39 Å². The summed E-state index contributed by atoms with van der Waals surface area (Å²) in [5.74, 6) is -0.922. The molecule has 1 amide bonds. The van der Waals surface area contributed by atoms with Crippen LogP contribution < -0.4 is 10.0 Å². The number of morpholine rings is 1. The smallest absolute Gasteiger partial charge is 0.241 e. The quantitative estimate of drug-likeness (QED) is 0.538. The molecule has 1 aliphatic rings. The maximum atomic E-state index is 13.2. The first-order chi connectivity index (χ1) is 14.9. The normalized spacial score (nSPS) is 16.0. The second-order valence-corrected chi connectivity index (χ2v) is 9.13. The van der Waals surface area contributed by atoms with Crippen LogP contribution in [0, 0.1) is 5.82 Å². The Balaban J connectivity index is 1.62. The molecule has 31 heavy (non-hydrogen) atoms. The number of carbonyl (C=O) groups is 1. The molecule has 7 nitrogen and oxygen atoms in total. The van der Waals surface area contributed by atoms with E-state index in [0.717, 1.165) is 57.0 Å². The monoisotopic (exact) mass is 449 g/mol. The van der Waals surface area contributed by atoms with Crippen molar-refractivity contribution >= 4 is 15.9 Å². The minimum atomic E-state index is -3.99. The largest absolute Gasteiger partial charge is 0.379 e. The zero-order valence-corrected chi connectivity index (χ0v) is 18.1. The highest BCUT2D eigenvalue weighted by Gasteiger charge is 2.26. The first kappa shape index (κ1) is 23.3. The van der Waals surface area contributed by atoms with E-state index < -0.39 is 27.8 Å². The number of carbonyl (C=O) groups excluding carboxylic acids is 1. The molecule has 2 N–H and O–H groups in total. The van der Waals surface area contributed by atoms with Crippen molar-refractivity contribution < 1.29 is 22.3 Å². The fourth-order valence-electron chi connectivity index (χ4n) is 3.37. The Morgan fingerprint density at radius 3 is 2.42 bits per heavy atom. The molecule has 1 saturated heterocycles. The van der Waals surface area contributed by atoms with Gasteiger partial charge in [0, 0.05) is 19.6 Å². The molecule has 2 aromatic rings. The van der Waals surface area contributed by atoms with Gasteiger partial charge < -0.3 is 10.1 Å². The third-order valence-corrected chi connectivity index (χ3v) is 6.56. The lowest BCUT2D eigenvalue weighted by molar-refractivity contribution is -0.122. The molecule has 1 fully saturated rings. The number of benzene rings is 2. The fraction of sp³-hybridized carbons (Fsp3) is 0.409. The van der Waals surface area contributed by atoms with E-state index in [0.29, 0.717) is 6.54 Å². The molecule has 1 heterocycles. The van der Waals surface area contributed by atoms with Crippen LogP contribution in [0.1, 0.15) is 12.0 Å². The molecule has 0 bridgehead atoms. The molecule has 0 radical (unpaired) electrons. The van der Waals surface area contributed by atoms with Gasteiger partial charge in [0.2, 0.25) is 15.9 Å². The van der Waals surface area contributed by atoms with Crippen molar-refractivity contribution in [3.05, 3.63) is 66.0 Å². The lowest BCUT2D eigenvalue weighted by Gasteiger charge is -2.26. The van der Waals surface area contributed by atoms with Crippen LogP contribution in [0.25, 0.3) is 0 Å². The average Bonchev–Trinajstić information content (AvgIpc) is 2.78. The summed E-state index contributed by atoms with van der Waals surface area (Å²) < 4.78 is 46.5. The summed E-state index contributed by atoms with van der Waals surface area (Å²) in [6, 6.07) is 12.7. The van der Waals surface area contributed by atoms with E-state index in [9.17, 15) is 17.6 Å². The van der Waals surface area contributed by atoms with Gasteiger partial charge in [0.15, 0.2) is 0 Å². The van der Waals surface area contributed by atoms with Gasteiger partial charge in [0.1, 0.15) is 11.9 Å². The lowest BCUT2D eigenvalue weighted by Crippen LogP contribution is -2.48. The van der Waals surface area contributed by atoms with Crippen molar-refractivity contribution in [1.82, 2.24) is 14.9 Å². The van der Waals surface area contributed by atoms with Crippen molar-refractivity contribution in [3.8, 4) is 0 Å². The molecule has 2 aromatic carbocycles. The van der Waals surface area contributed by atoms with Gasteiger partial charge in [-0.1, -0.05) is 30.3 Å². The molecule has 3 rings (SSSR count). The van der Waals surface area contributed by atoms with Gasteiger partial charge in [-0.2, -0.15) is 4.72 Å². The highest BCUT2D eigenvalue weighted by molar-refractivity contribution is 7.89. The van der Waals surface area contributed by atoms with Gasteiger partial charge in [-0.15, -0.1) is 0 Å². The summed E-state index contributed by atoms with van der Waals surface area (Å²) >= 11 is 0. The Morgan fingerprint density at radius 2 is 1.74 bits per heavy atom. The van der Waals surface area contributed by atoms with E-state index in [1.54, 1.807) is 0 Å². The summed E-state index contributed by atoms with van der Waals surface area (Å²) in [5, 5.41) is 2.84. The molecule has 1 atom stereocenters. The first-order valence-corrected chi connectivity index (χ1v) is 11.8. The summed E-state index contributed by atoms with van der Waals surface area (Å²) in [6.07, 6.45) is 0.963. The fourth-order valence-corrected chi connectivity index (χ4v) is 4.56. The predicted molar refractivity (Wildman–Crippen MR) is 116 cm³/mol. The van der Waals surface area contributed by atoms with Crippen LogP contribution >= 0.6 is 0 Å². The standard InChI is InChI=1S/C22H28FN3O4S/c23-19-7-9-20(10-8-19)31(28,29)25-21(17-18-5-2-1-3-6-18)22(27)24-11-4-12-26-13-15-30-16-14-26/h1-3,5-10,21,25H,4,11-17H2,(H,24,27)/t21-/m0/s1. The Kier molecular flexibility index (Phi) is 8.53. The Bertz CT molecular complexity index is 933. The van der Waals surface area contributed by atoms with E-state index in [-0.39, 0.29) is 11.3 Å². The maximum absolute atomic E-state index is 13.2. The molecule has 168 valence electrons. The topological polar surface area (TPSA) is 87.7 Å². The summed E-state index contributed by atoms with van der Waals surface area (Å²) in [5.41, 5.74) is 0.831. The van der Waals surface area contributed by atoms with Crippen molar-refractivity contribution in [2.75, 3.05) is 39.4 Å². The molecule has 0 aliphatic carbocycles. The third-order valence-electron chi connectivity index (χ3n) is 5.07. The van der Waals surface area contributed by atoms with E-state index in [1.165, 1.54) is 12.1 Å². The summed E-state index contributed by atoms with van der Waals surface area (Å²) in [7, 11) is -3.99. The zero-order chi connectivity index (χ0) is 22.1. The number of sulfonamides is 1. The summed E-state index contributed by atoms with van der Waals surface area (Å²) in [4.78, 5) is 15.0. The van der Waals surface area contributed by atoms with Crippen LogP contribution in [0.15, 0.2) is 59.5 Å². The number of amides is 1. The molecule has 0 unspecified atom stereocenters. The maximum Gasteiger partial charge on any atom is 0.241 e. The number of ether oxygens (including phenoxy) is 1. The van der Waals surface area contributed by atoms with Crippen molar-refractivity contribution in [1.29, 1.82) is 0 Å². The number of nitrogens with zero attached hydrogens (tertiary/aromatic N) is 1. The molecular formula is C22H28FN3O4S. The van der Waals surface area contributed by atoms with Gasteiger partial charge in [-0.05, 0) is 49.2 Å². The zero-order valence-electron chi connectivity index (χ0n) is 17.3. The summed E-state index contributed by atoms with van der Waals surface area (Å²) in [6.45, 7) is 4.48. The van der Waals surface area contributed by atoms with Gasteiger partial charge in [0.25, 0.3) is 0 Å². The SMILES string of the molecule is O=C(NCCCN1CCOCC1)[C@H](Cc1ccccc1)NS(=O)(=O)c1ccc(F)cc1. The first-order valence-electron chi connectivity index (χ1n) is 10.3. The van der Waals surface area contributed by atoms with Crippen molar-refractivity contribution in [2.24, 2.45) is 0 Å². The van der Waals surface area contributed by atoms with Gasteiger partial charge in [-0.25, -0.2) is 12.8 Å². The highest BCUT2D eigenvalue weighted by atomic mass is 32.2. The Labute approximate surface area is 182 Å². The highest BCUT2D eigenvalue weighted by Crippen LogP contribution is 2.12. The van der Waals surface area contributed by atoms with Crippen LogP contribution in [-0.4, -0.2) is 64.7 Å². The minimum absolute atomic E-state index is 0.0907. The number of nitrogens with one attached hydrogen (secondary N) is 2. The molecule has 9 heteroatoms. The van der Waals surface area contributed by atoms with Crippen molar-refractivity contribution in [3.63, 3.8) is 0 Å². The minimum Gasteiger partial charge on any atom is -0.379 e. The molecule has 0 aromatic heterocycles. The van der Waals surface area contributed by atoms with Crippen molar-refractivity contribution in [2.45, 2.75) is 23.8 Å². The second-order valence-electron chi connectivity index (χ2n) is 7.42. The lowest BCUT2D eigenvalue weighted by atomic mass is 10.1. The van der Waals surface area contributed by atoms with Crippen LogP contribution in [0.2, 0.25) is 0 Å². The molecular weight excluding hydrogens is 421 g/mol. The predicted octanol–water partition coefficient (Wildman–Crippen LogP) is 1.55. The third kappa shape index (κ3) is 7.39. The average molecular weight is 450 g/mol. The Hall–Kier alpha value is -2.33. The Morgan fingerprint density at radius 1 is 1.06 bits per heavy atom. The molecule has 0 saturated carbocycles. The van der Waals surface area contributed by atoms with Gasteiger partial charge >= 0.3 is 0 Å². The van der Waals surface area contributed by atoms with E-state index in [4.69, 9.17) is 4.74 Å². The van der Waals surface area contributed by atoms with Crippen LogP contribution in [0.5, 0.6) is 0 Å². The molecule has 0 spiro atoms. The van der Waals surface area contributed by atoms with Gasteiger partial charge in [-0.3, -0.25) is 9.69 Å².